The zero-order valence-corrected chi connectivity index (χ0v) is 21.8. The number of nitrogens with one attached hydrogen (secondary N) is 1. The predicted octanol–water partition coefficient (Wildman–Crippen LogP) is 5.95. The number of nitro groups is 1. The van der Waals surface area contributed by atoms with Crippen LogP contribution in [0, 0.1) is 10.1 Å². The van der Waals surface area contributed by atoms with Crippen LogP contribution in [0.3, 0.4) is 0 Å². The minimum Gasteiger partial charge on any atom is -0.490 e. The molecule has 3 rings (SSSR count). The Bertz CT molecular complexity index is 1260. The van der Waals surface area contributed by atoms with Crippen LogP contribution in [0.4, 0.5) is 10.7 Å². The molecule has 0 spiro atoms. The van der Waals surface area contributed by atoms with E-state index in [1.165, 1.54) is 18.2 Å². The molecule has 196 valence electrons. The highest BCUT2D eigenvalue weighted by atomic mass is 32.1. The van der Waals surface area contributed by atoms with E-state index in [2.05, 4.69) is 5.32 Å². The number of non-ortho nitro benzene ring substituents is 1. The van der Waals surface area contributed by atoms with Crippen LogP contribution in [0.25, 0.3) is 11.1 Å². The van der Waals surface area contributed by atoms with Gasteiger partial charge in [-0.3, -0.25) is 14.9 Å². The average molecular weight is 529 g/mol. The Hall–Kier alpha value is -4.12. The molecule has 0 saturated heterocycles. The van der Waals surface area contributed by atoms with Gasteiger partial charge in [-0.15, -0.1) is 11.3 Å². The van der Waals surface area contributed by atoms with E-state index in [0.29, 0.717) is 48.2 Å². The summed E-state index contributed by atoms with van der Waals surface area (Å²) in [6, 6.07) is 9.00. The van der Waals surface area contributed by atoms with E-state index in [-0.39, 0.29) is 28.4 Å². The van der Waals surface area contributed by atoms with Crippen LogP contribution < -0.4 is 19.5 Å². The summed E-state index contributed by atoms with van der Waals surface area (Å²) in [6.45, 7) is 8.32. The second kappa shape index (κ2) is 12.7. The summed E-state index contributed by atoms with van der Waals surface area (Å²) in [5, 5.41) is 15.9. The lowest BCUT2D eigenvalue weighted by molar-refractivity contribution is -0.384. The highest BCUT2D eigenvalue weighted by Gasteiger charge is 2.25. The molecule has 1 aromatic heterocycles. The second-order valence-electron chi connectivity index (χ2n) is 7.44. The molecule has 3 aromatic rings. The SMILES string of the molecule is CCOC(=O)c1c(-c2cccc([N+](=O)[O-])c2)csc1NC(=O)c1cc(OCC)c(OCC)c(OCC)c1. The quantitative estimate of drug-likeness (QED) is 0.174. The third-order valence-corrected chi connectivity index (χ3v) is 5.93. The fraction of sp³-hybridized carbons (Fsp3) is 0.308. The molecule has 0 aliphatic carbocycles. The normalized spacial score (nSPS) is 10.5. The van der Waals surface area contributed by atoms with E-state index < -0.39 is 16.8 Å². The van der Waals surface area contributed by atoms with Crippen molar-refractivity contribution < 1.29 is 33.5 Å². The lowest BCUT2D eigenvalue weighted by Gasteiger charge is -2.17. The Morgan fingerprint density at radius 1 is 0.946 bits per heavy atom. The Morgan fingerprint density at radius 2 is 1.59 bits per heavy atom. The molecule has 37 heavy (non-hydrogen) atoms. The number of amides is 1. The Morgan fingerprint density at radius 3 is 2.16 bits per heavy atom. The van der Waals surface area contributed by atoms with Gasteiger partial charge in [-0.05, 0) is 45.4 Å². The zero-order valence-electron chi connectivity index (χ0n) is 21.0. The number of hydrogen-bond donors (Lipinski definition) is 1. The van der Waals surface area contributed by atoms with Gasteiger partial charge in [0, 0.05) is 28.6 Å². The highest BCUT2D eigenvalue weighted by Crippen LogP contribution is 2.41. The fourth-order valence-corrected chi connectivity index (χ4v) is 4.50. The van der Waals surface area contributed by atoms with Gasteiger partial charge in [-0.2, -0.15) is 0 Å². The summed E-state index contributed by atoms with van der Waals surface area (Å²) < 4.78 is 22.3. The van der Waals surface area contributed by atoms with Crippen LogP contribution >= 0.6 is 11.3 Å². The highest BCUT2D eigenvalue weighted by molar-refractivity contribution is 7.15. The van der Waals surface area contributed by atoms with Crippen LogP contribution in [0.15, 0.2) is 41.8 Å². The van der Waals surface area contributed by atoms with Crippen molar-refractivity contribution in [2.24, 2.45) is 0 Å². The maximum atomic E-state index is 13.3. The molecular formula is C26H28N2O8S. The van der Waals surface area contributed by atoms with E-state index >= 15 is 0 Å². The summed E-state index contributed by atoms with van der Waals surface area (Å²) in [4.78, 5) is 37.0. The number of hydrogen-bond acceptors (Lipinski definition) is 9. The van der Waals surface area contributed by atoms with E-state index in [1.807, 2.05) is 20.8 Å². The van der Waals surface area contributed by atoms with Crippen molar-refractivity contribution in [1.82, 2.24) is 0 Å². The van der Waals surface area contributed by atoms with Crippen molar-refractivity contribution in [3.05, 3.63) is 63.0 Å². The first-order valence-corrected chi connectivity index (χ1v) is 12.6. The number of rotatable bonds is 12. The van der Waals surface area contributed by atoms with Crippen LogP contribution in [-0.4, -0.2) is 43.2 Å². The number of thiophene rings is 1. The maximum Gasteiger partial charge on any atom is 0.341 e. The van der Waals surface area contributed by atoms with Crippen LogP contribution in [0.1, 0.15) is 48.4 Å². The van der Waals surface area contributed by atoms with Crippen molar-refractivity contribution in [2.45, 2.75) is 27.7 Å². The number of carbonyl (C=O) groups excluding carboxylic acids is 2. The van der Waals surface area contributed by atoms with Gasteiger partial charge in [0.1, 0.15) is 10.6 Å². The third-order valence-electron chi connectivity index (χ3n) is 5.04. The summed E-state index contributed by atoms with van der Waals surface area (Å²) in [5.41, 5.74) is 1.09. The van der Waals surface area contributed by atoms with Crippen molar-refractivity contribution in [3.8, 4) is 28.4 Å². The number of ether oxygens (including phenoxy) is 4. The maximum absolute atomic E-state index is 13.3. The summed E-state index contributed by atoms with van der Waals surface area (Å²) in [6.07, 6.45) is 0. The zero-order chi connectivity index (χ0) is 26.9. The van der Waals surface area contributed by atoms with E-state index in [9.17, 15) is 19.7 Å². The molecule has 0 aliphatic heterocycles. The molecular weight excluding hydrogens is 500 g/mol. The van der Waals surface area contributed by atoms with Crippen molar-refractivity contribution in [2.75, 3.05) is 31.7 Å². The van der Waals surface area contributed by atoms with Gasteiger partial charge in [0.25, 0.3) is 11.6 Å². The topological polar surface area (TPSA) is 126 Å². The number of nitro benzene ring substituents is 1. The molecule has 0 unspecified atom stereocenters. The van der Waals surface area contributed by atoms with Gasteiger partial charge >= 0.3 is 5.97 Å². The minimum atomic E-state index is -0.655. The van der Waals surface area contributed by atoms with Gasteiger partial charge in [0.2, 0.25) is 5.75 Å². The van der Waals surface area contributed by atoms with Crippen LogP contribution in [0.2, 0.25) is 0 Å². The lowest BCUT2D eigenvalue weighted by Crippen LogP contribution is -2.15. The van der Waals surface area contributed by atoms with Gasteiger partial charge in [-0.25, -0.2) is 4.79 Å². The minimum absolute atomic E-state index is 0.113. The second-order valence-corrected chi connectivity index (χ2v) is 8.32. The molecule has 0 bridgehead atoms. The molecule has 11 heteroatoms. The molecule has 0 saturated carbocycles. The third kappa shape index (κ3) is 6.36. The molecule has 2 aromatic carbocycles. The first-order valence-electron chi connectivity index (χ1n) is 11.8. The number of benzene rings is 2. The summed E-state index contributed by atoms with van der Waals surface area (Å²) in [7, 11) is 0. The van der Waals surface area contributed by atoms with E-state index in [4.69, 9.17) is 18.9 Å². The first kappa shape index (κ1) is 27.5. The molecule has 0 atom stereocenters. The molecule has 0 fully saturated rings. The number of carbonyl (C=O) groups is 2. The van der Waals surface area contributed by atoms with Gasteiger partial charge in [-0.1, -0.05) is 12.1 Å². The first-order chi connectivity index (χ1) is 17.8. The molecule has 1 amide bonds. The van der Waals surface area contributed by atoms with E-state index in [1.54, 1.807) is 30.5 Å². The number of esters is 1. The fourth-order valence-electron chi connectivity index (χ4n) is 3.55. The smallest absolute Gasteiger partial charge is 0.341 e. The molecule has 0 radical (unpaired) electrons. The predicted molar refractivity (Wildman–Crippen MR) is 140 cm³/mol. The van der Waals surface area contributed by atoms with E-state index in [0.717, 1.165) is 11.3 Å². The van der Waals surface area contributed by atoms with Crippen molar-refractivity contribution in [1.29, 1.82) is 0 Å². The average Bonchev–Trinajstić information content (AvgIpc) is 3.29. The molecule has 10 nitrogen and oxygen atoms in total. The summed E-state index contributed by atoms with van der Waals surface area (Å²) in [5.74, 6) is -0.0525. The van der Waals surface area contributed by atoms with Crippen LogP contribution in [-0.2, 0) is 4.74 Å². The van der Waals surface area contributed by atoms with Crippen LogP contribution in [0.5, 0.6) is 17.2 Å². The number of anilines is 1. The van der Waals surface area contributed by atoms with Gasteiger partial charge < -0.3 is 24.3 Å². The monoisotopic (exact) mass is 528 g/mol. The number of nitrogens with zero attached hydrogens (tertiary/aromatic N) is 1. The molecule has 1 heterocycles. The standard InChI is InChI=1S/C26H28N2O8S/c1-5-33-20-13-17(14-21(34-6-2)23(20)35-7-3)24(29)27-25-22(26(30)36-8-4)19(15-37-25)16-10-9-11-18(12-16)28(31)32/h9-15H,5-8H2,1-4H3,(H,27,29). The Labute approximate surface area is 218 Å². The summed E-state index contributed by atoms with van der Waals surface area (Å²) >= 11 is 1.11. The van der Waals surface area contributed by atoms with Crippen molar-refractivity contribution in [3.63, 3.8) is 0 Å². The molecule has 0 aliphatic rings. The Balaban J connectivity index is 2.04. The lowest BCUT2D eigenvalue weighted by atomic mass is 10.0. The molecule has 1 N–H and O–H groups in total. The van der Waals surface area contributed by atoms with Crippen molar-refractivity contribution >= 4 is 33.9 Å². The Kier molecular flexibility index (Phi) is 9.45. The largest absolute Gasteiger partial charge is 0.490 e. The van der Waals surface area contributed by atoms with Gasteiger partial charge in [0.05, 0.1) is 31.4 Å². The van der Waals surface area contributed by atoms with Gasteiger partial charge in [0.15, 0.2) is 11.5 Å².